The SMILES string of the molecule is CC(CN1CCCCC1)Nc1ccc(N)cc1. The van der Waals surface area contributed by atoms with E-state index in [1.54, 1.807) is 0 Å². The van der Waals surface area contributed by atoms with Crippen LogP contribution in [0.15, 0.2) is 24.3 Å². The fourth-order valence-electron chi connectivity index (χ4n) is 2.44. The summed E-state index contributed by atoms with van der Waals surface area (Å²) < 4.78 is 0. The van der Waals surface area contributed by atoms with Gasteiger partial charge in [0, 0.05) is 24.0 Å². The van der Waals surface area contributed by atoms with Gasteiger partial charge in [-0.15, -0.1) is 0 Å². The Kier molecular flexibility index (Phi) is 4.26. The van der Waals surface area contributed by atoms with Gasteiger partial charge in [0.1, 0.15) is 0 Å². The highest BCUT2D eigenvalue weighted by Gasteiger charge is 2.12. The maximum absolute atomic E-state index is 5.67. The van der Waals surface area contributed by atoms with Crippen LogP contribution in [0.4, 0.5) is 11.4 Å². The lowest BCUT2D eigenvalue weighted by Crippen LogP contribution is -2.38. The second kappa shape index (κ2) is 5.92. The maximum Gasteiger partial charge on any atom is 0.0360 e. The van der Waals surface area contributed by atoms with Crippen LogP contribution in [0.5, 0.6) is 0 Å². The average Bonchev–Trinajstić information content (AvgIpc) is 2.33. The summed E-state index contributed by atoms with van der Waals surface area (Å²) in [7, 11) is 0. The molecule has 1 aliphatic rings. The molecule has 0 spiro atoms. The van der Waals surface area contributed by atoms with Gasteiger partial charge in [-0.05, 0) is 57.1 Å². The topological polar surface area (TPSA) is 41.3 Å². The smallest absolute Gasteiger partial charge is 0.0360 e. The van der Waals surface area contributed by atoms with Gasteiger partial charge >= 0.3 is 0 Å². The number of rotatable bonds is 4. The molecule has 0 amide bonds. The monoisotopic (exact) mass is 233 g/mol. The van der Waals surface area contributed by atoms with Gasteiger partial charge in [-0.25, -0.2) is 0 Å². The van der Waals surface area contributed by atoms with Crippen molar-refractivity contribution in [2.45, 2.75) is 32.2 Å². The van der Waals surface area contributed by atoms with Crippen molar-refractivity contribution in [3.05, 3.63) is 24.3 Å². The van der Waals surface area contributed by atoms with Gasteiger partial charge in [-0.2, -0.15) is 0 Å². The van der Waals surface area contributed by atoms with Crippen molar-refractivity contribution in [2.75, 3.05) is 30.7 Å². The summed E-state index contributed by atoms with van der Waals surface area (Å²) in [4.78, 5) is 2.55. The first kappa shape index (κ1) is 12.2. The number of benzene rings is 1. The third-order valence-corrected chi connectivity index (χ3v) is 3.30. The van der Waals surface area contributed by atoms with E-state index in [-0.39, 0.29) is 0 Å². The van der Waals surface area contributed by atoms with Crippen LogP contribution in [0.3, 0.4) is 0 Å². The molecule has 3 nitrogen and oxygen atoms in total. The molecule has 17 heavy (non-hydrogen) atoms. The third kappa shape index (κ3) is 3.93. The molecular formula is C14H23N3. The highest BCUT2D eigenvalue weighted by molar-refractivity contribution is 5.51. The van der Waals surface area contributed by atoms with Gasteiger partial charge < -0.3 is 16.0 Å². The van der Waals surface area contributed by atoms with E-state index < -0.39 is 0 Å². The first-order valence-corrected chi connectivity index (χ1v) is 6.58. The molecule has 0 saturated carbocycles. The van der Waals surface area contributed by atoms with E-state index in [9.17, 15) is 0 Å². The summed E-state index contributed by atoms with van der Waals surface area (Å²) in [5.74, 6) is 0. The number of hydrogen-bond acceptors (Lipinski definition) is 3. The van der Waals surface area contributed by atoms with Gasteiger partial charge in [0.05, 0.1) is 0 Å². The Morgan fingerprint density at radius 1 is 1.18 bits per heavy atom. The van der Waals surface area contributed by atoms with E-state index in [0.29, 0.717) is 6.04 Å². The van der Waals surface area contributed by atoms with Crippen LogP contribution in [-0.2, 0) is 0 Å². The molecule has 0 aromatic heterocycles. The quantitative estimate of drug-likeness (QED) is 0.785. The first-order valence-electron chi connectivity index (χ1n) is 6.58. The van der Waals surface area contributed by atoms with E-state index in [4.69, 9.17) is 5.73 Å². The minimum Gasteiger partial charge on any atom is -0.399 e. The van der Waals surface area contributed by atoms with Crippen molar-refractivity contribution in [1.29, 1.82) is 0 Å². The van der Waals surface area contributed by atoms with Crippen molar-refractivity contribution >= 4 is 11.4 Å². The number of nitrogen functional groups attached to an aromatic ring is 1. The number of hydrogen-bond donors (Lipinski definition) is 2. The molecular weight excluding hydrogens is 210 g/mol. The summed E-state index contributed by atoms with van der Waals surface area (Å²) >= 11 is 0. The predicted octanol–water partition coefficient (Wildman–Crippen LogP) is 2.56. The number of piperidine rings is 1. The van der Waals surface area contributed by atoms with E-state index in [0.717, 1.165) is 17.9 Å². The zero-order valence-electron chi connectivity index (χ0n) is 10.7. The standard InChI is InChI=1S/C14H23N3/c1-12(11-17-9-3-2-4-10-17)16-14-7-5-13(15)6-8-14/h5-8,12,16H,2-4,9-11,15H2,1H3. The highest BCUT2D eigenvalue weighted by Crippen LogP contribution is 2.13. The lowest BCUT2D eigenvalue weighted by molar-refractivity contribution is 0.223. The highest BCUT2D eigenvalue weighted by atomic mass is 15.1. The fourth-order valence-corrected chi connectivity index (χ4v) is 2.44. The molecule has 0 bridgehead atoms. The summed E-state index contributed by atoms with van der Waals surface area (Å²) in [6.07, 6.45) is 4.11. The molecule has 2 rings (SSSR count). The van der Waals surface area contributed by atoms with E-state index in [1.165, 1.54) is 32.4 Å². The Hall–Kier alpha value is -1.22. The number of nitrogens with two attached hydrogens (primary N) is 1. The van der Waals surface area contributed by atoms with Crippen molar-refractivity contribution in [3.63, 3.8) is 0 Å². The number of likely N-dealkylation sites (tertiary alicyclic amines) is 1. The number of nitrogens with zero attached hydrogens (tertiary/aromatic N) is 1. The molecule has 1 aromatic carbocycles. The van der Waals surface area contributed by atoms with Crippen molar-refractivity contribution in [1.82, 2.24) is 4.90 Å². The van der Waals surface area contributed by atoms with Crippen molar-refractivity contribution in [3.8, 4) is 0 Å². The second-order valence-electron chi connectivity index (χ2n) is 5.03. The van der Waals surface area contributed by atoms with Crippen LogP contribution in [-0.4, -0.2) is 30.6 Å². The van der Waals surface area contributed by atoms with Crippen LogP contribution in [0.2, 0.25) is 0 Å². The average molecular weight is 233 g/mol. The minimum absolute atomic E-state index is 0.483. The Bertz CT molecular complexity index is 328. The van der Waals surface area contributed by atoms with E-state index in [1.807, 2.05) is 24.3 Å². The summed E-state index contributed by atoms with van der Waals surface area (Å²) in [6, 6.07) is 8.45. The zero-order chi connectivity index (χ0) is 12.1. The van der Waals surface area contributed by atoms with Crippen LogP contribution >= 0.6 is 0 Å². The summed E-state index contributed by atoms with van der Waals surface area (Å²) in [6.45, 7) is 5.89. The van der Waals surface area contributed by atoms with Crippen LogP contribution in [0.25, 0.3) is 0 Å². The van der Waals surface area contributed by atoms with Gasteiger partial charge in [-0.3, -0.25) is 0 Å². The first-order chi connectivity index (χ1) is 8.24. The Balaban J connectivity index is 1.79. The molecule has 94 valence electrons. The second-order valence-corrected chi connectivity index (χ2v) is 5.03. The van der Waals surface area contributed by atoms with Crippen LogP contribution < -0.4 is 11.1 Å². The molecule has 0 aliphatic carbocycles. The molecule has 1 aromatic rings. The number of anilines is 2. The van der Waals surface area contributed by atoms with Gasteiger partial charge in [0.15, 0.2) is 0 Å². The maximum atomic E-state index is 5.67. The molecule has 1 saturated heterocycles. The Labute approximate surface area is 104 Å². The van der Waals surface area contributed by atoms with Crippen LogP contribution in [0, 0.1) is 0 Å². The van der Waals surface area contributed by atoms with Crippen LogP contribution in [0.1, 0.15) is 26.2 Å². The largest absolute Gasteiger partial charge is 0.399 e. The van der Waals surface area contributed by atoms with E-state index >= 15 is 0 Å². The van der Waals surface area contributed by atoms with E-state index in [2.05, 4.69) is 17.1 Å². The molecule has 1 fully saturated rings. The molecule has 1 heterocycles. The van der Waals surface area contributed by atoms with Crippen molar-refractivity contribution in [2.24, 2.45) is 0 Å². The molecule has 3 heteroatoms. The molecule has 1 atom stereocenters. The normalized spacial score (nSPS) is 18.9. The Morgan fingerprint density at radius 2 is 1.82 bits per heavy atom. The fraction of sp³-hybridized carbons (Fsp3) is 0.571. The van der Waals surface area contributed by atoms with Gasteiger partial charge in [0.25, 0.3) is 0 Å². The lowest BCUT2D eigenvalue weighted by atomic mass is 10.1. The summed E-state index contributed by atoms with van der Waals surface area (Å²) in [5, 5.41) is 3.52. The predicted molar refractivity (Wildman–Crippen MR) is 74.2 cm³/mol. The molecule has 1 unspecified atom stereocenters. The van der Waals surface area contributed by atoms with Crippen molar-refractivity contribution < 1.29 is 0 Å². The van der Waals surface area contributed by atoms with Gasteiger partial charge in [0.2, 0.25) is 0 Å². The molecule has 1 aliphatic heterocycles. The third-order valence-electron chi connectivity index (χ3n) is 3.30. The molecule has 0 radical (unpaired) electrons. The molecule has 3 N–H and O–H groups in total. The Morgan fingerprint density at radius 3 is 2.47 bits per heavy atom. The lowest BCUT2D eigenvalue weighted by Gasteiger charge is -2.29. The minimum atomic E-state index is 0.483. The number of nitrogens with one attached hydrogen (secondary N) is 1. The zero-order valence-corrected chi connectivity index (χ0v) is 10.7. The summed E-state index contributed by atoms with van der Waals surface area (Å²) in [5.41, 5.74) is 7.65. The van der Waals surface area contributed by atoms with Gasteiger partial charge in [-0.1, -0.05) is 6.42 Å².